The van der Waals surface area contributed by atoms with Crippen molar-refractivity contribution in [3.63, 3.8) is 0 Å². The van der Waals surface area contributed by atoms with Gasteiger partial charge < -0.3 is 9.30 Å². The average molecular weight is 482 g/mol. The highest BCUT2D eigenvalue weighted by Crippen LogP contribution is 2.15. The molecule has 3 aromatic rings. The van der Waals surface area contributed by atoms with Gasteiger partial charge in [0, 0.05) is 20.6 Å². The van der Waals surface area contributed by atoms with E-state index in [4.69, 9.17) is 4.74 Å². The van der Waals surface area contributed by atoms with Crippen LogP contribution < -0.4 is 11.2 Å². The van der Waals surface area contributed by atoms with Crippen LogP contribution in [0.15, 0.2) is 38.8 Å². The SMILES string of the molecule is CCCCn1c(=O)[nH]c(=O)c2c1nc(COC(=O)CN(C)S(=O)(=O)c1ccc(F)cc1)n2C. The Morgan fingerprint density at radius 1 is 1.24 bits per heavy atom. The molecule has 11 nitrogen and oxygen atoms in total. The molecule has 0 radical (unpaired) electrons. The molecule has 2 heterocycles. The number of esters is 1. The summed E-state index contributed by atoms with van der Waals surface area (Å²) in [6.45, 7) is 1.40. The highest BCUT2D eigenvalue weighted by atomic mass is 32.2. The zero-order valence-electron chi connectivity index (χ0n) is 18.4. The van der Waals surface area contributed by atoms with Crippen LogP contribution >= 0.6 is 0 Å². The summed E-state index contributed by atoms with van der Waals surface area (Å²) in [5.41, 5.74) is -0.842. The summed E-state index contributed by atoms with van der Waals surface area (Å²) in [6, 6.07) is 4.21. The normalized spacial score (nSPS) is 11.9. The van der Waals surface area contributed by atoms with E-state index in [1.165, 1.54) is 16.2 Å². The molecule has 1 aromatic carbocycles. The summed E-state index contributed by atoms with van der Waals surface area (Å²) in [7, 11) is -1.28. The molecule has 0 fully saturated rings. The fraction of sp³-hybridized carbons (Fsp3) is 0.400. The first-order chi connectivity index (χ1) is 15.6. The third kappa shape index (κ3) is 5.03. The number of benzene rings is 1. The van der Waals surface area contributed by atoms with Crippen molar-refractivity contribution in [2.24, 2.45) is 7.05 Å². The number of H-pyrrole nitrogens is 1. The molecule has 0 aliphatic carbocycles. The lowest BCUT2D eigenvalue weighted by atomic mass is 10.3. The topological polar surface area (TPSA) is 136 Å². The molecule has 0 atom stereocenters. The second-order valence-electron chi connectivity index (χ2n) is 7.40. The van der Waals surface area contributed by atoms with Gasteiger partial charge in [-0.2, -0.15) is 4.31 Å². The maximum atomic E-state index is 13.1. The molecular weight excluding hydrogens is 457 g/mol. The zero-order valence-corrected chi connectivity index (χ0v) is 19.2. The summed E-state index contributed by atoms with van der Waals surface area (Å²) >= 11 is 0. The predicted molar refractivity (Wildman–Crippen MR) is 117 cm³/mol. The van der Waals surface area contributed by atoms with E-state index in [0.29, 0.717) is 13.0 Å². The second-order valence-corrected chi connectivity index (χ2v) is 9.44. The van der Waals surface area contributed by atoms with E-state index in [0.717, 1.165) is 35.0 Å². The molecule has 0 amide bonds. The van der Waals surface area contributed by atoms with Crippen molar-refractivity contribution in [2.45, 2.75) is 37.8 Å². The zero-order chi connectivity index (χ0) is 24.3. The number of nitrogens with zero attached hydrogens (tertiary/aromatic N) is 4. The first-order valence-corrected chi connectivity index (χ1v) is 11.6. The van der Waals surface area contributed by atoms with Crippen LogP contribution in [0, 0.1) is 5.82 Å². The number of aromatic amines is 1. The molecule has 0 spiro atoms. The van der Waals surface area contributed by atoms with Crippen molar-refractivity contribution < 1.29 is 22.3 Å². The van der Waals surface area contributed by atoms with E-state index in [-0.39, 0.29) is 28.5 Å². The molecule has 0 aliphatic heterocycles. The Kier molecular flexibility index (Phi) is 7.12. The Hall–Kier alpha value is -3.32. The smallest absolute Gasteiger partial charge is 0.330 e. The van der Waals surface area contributed by atoms with Gasteiger partial charge in [0.1, 0.15) is 24.8 Å². The minimum Gasteiger partial charge on any atom is -0.457 e. The Morgan fingerprint density at radius 2 is 1.91 bits per heavy atom. The first kappa shape index (κ1) is 24.3. The number of fused-ring (bicyclic) bond motifs is 1. The first-order valence-electron chi connectivity index (χ1n) is 10.1. The Balaban J connectivity index is 1.76. The lowest BCUT2D eigenvalue weighted by Crippen LogP contribution is -2.33. The number of carbonyl (C=O) groups is 1. The fourth-order valence-electron chi connectivity index (χ4n) is 3.19. The number of aromatic nitrogens is 4. The van der Waals surface area contributed by atoms with Crippen LogP contribution in [0.4, 0.5) is 4.39 Å². The van der Waals surface area contributed by atoms with Crippen LogP contribution in [0.2, 0.25) is 0 Å². The second kappa shape index (κ2) is 9.67. The number of hydrogen-bond donors (Lipinski definition) is 1. The standard InChI is InChI=1S/C20H24FN5O6S/c1-4-5-10-26-18-17(19(28)23-20(26)29)25(3)15(22-18)12-32-16(27)11-24(2)33(30,31)14-8-6-13(21)7-9-14/h6-9H,4-5,10-12H2,1-3H3,(H,23,28,29). The number of halogens is 1. The van der Waals surface area contributed by atoms with Gasteiger partial charge in [-0.25, -0.2) is 22.6 Å². The van der Waals surface area contributed by atoms with Crippen LogP contribution in [0.5, 0.6) is 0 Å². The van der Waals surface area contributed by atoms with Gasteiger partial charge in [-0.3, -0.25) is 19.1 Å². The average Bonchev–Trinajstić information content (AvgIpc) is 3.09. The Labute approximate surface area is 188 Å². The summed E-state index contributed by atoms with van der Waals surface area (Å²) < 4.78 is 46.8. The van der Waals surface area contributed by atoms with Gasteiger partial charge in [-0.1, -0.05) is 13.3 Å². The van der Waals surface area contributed by atoms with Gasteiger partial charge in [0.25, 0.3) is 5.56 Å². The number of aryl methyl sites for hydroxylation is 2. The predicted octanol–water partition coefficient (Wildman–Crippen LogP) is 0.726. The number of likely N-dealkylation sites (N-methyl/N-ethyl adjacent to an activating group) is 1. The van der Waals surface area contributed by atoms with Gasteiger partial charge in [0.2, 0.25) is 10.0 Å². The Morgan fingerprint density at radius 3 is 2.55 bits per heavy atom. The van der Waals surface area contributed by atoms with E-state index in [9.17, 15) is 27.2 Å². The number of nitrogens with one attached hydrogen (secondary N) is 1. The van der Waals surface area contributed by atoms with Crippen molar-refractivity contribution in [2.75, 3.05) is 13.6 Å². The molecule has 3 rings (SSSR count). The molecule has 13 heteroatoms. The largest absolute Gasteiger partial charge is 0.457 e. The molecule has 1 N–H and O–H groups in total. The summed E-state index contributed by atoms with van der Waals surface area (Å²) in [5, 5.41) is 0. The number of sulfonamides is 1. The van der Waals surface area contributed by atoms with E-state index in [2.05, 4.69) is 9.97 Å². The van der Waals surface area contributed by atoms with Crippen LogP contribution in [-0.4, -0.2) is 51.4 Å². The maximum absolute atomic E-state index is 13.1. The molecule has 2 aromatic heterocycles. The maximum Gasteiger partial charge on any atom is 0.330 e. The number of imidazole rings is 1. The number of ether oxygens (including phenoxy) is 1. The van der Waals surface area contributed by atoms with Gasteiger partial charge >= 0.3 is 11.7 Å². The number of unbranched alkanes of at least 4 members (excludes halogenated alkanes) is 1. The molecule has 0 saturated heterocycles. The van der Waals surface area contributed by atoms with E-state index in [1.807, 2.05) is 6.92 Å². The third-order valence-corrected chi connectivity index (χ3v) is 6.89. The monoisotopic (exact) mass is 481 g/mol. The fourth-order valence-corrected chi connectivity index (χ4v) is 4.30. The van der Waals surface area contributed by atoms with Gasteiger partial charge in [-0.15, -0.1) is 0 Å². The molecule has 33 heavy (non-hydrogen) atoms. The van der Waals surface area contributed by atoms with Crippen molar-refractivity contribution >= 4 is 27.2 Å². The lowest BCUT2D eigenvalue weighted by molar-refractivity contribution is -0.145. The van der Waals surface area contributed by atoms with Crippen molar-refractivity contribution in [3.05, 3.63) is 56.7 Å². The van der Waals surface area contributed by atoms with Crippen molar-refractivity contribution in [1.82, 2.24) is 23.4 Å². The third-order valence-electron chi connectivity index (χ3n) is 5.08. The highest BCUT2D eigenvalue weighted by molar-refractivity contribution is 7.89. The quantitative estimate of drug-likeness (QED) is 0.445. The summed E-state index contributed by atoms with van der Waals surface area (Å²) in [6.07, 6.45) is 1.54. The minimum absolute atomic E-state index is 0.160. The summed E-state index contributed by atoms with van der Waals surface area (Å²) in [4.78, 5) is 43.1. The van der Waals surface area contributed by atoms with Crippen LogP contribution in [-0.2, 0) is 39.8 Å². The molecule has 0 aliphatic rings. The van der Waals surface area contributed by atoms with Crippen LogP contribution in [0.25, 0.3) is 11.2 Å². The molecular formula is C20H24FN5O6S. The van der Waals surface area contributed by atoms with Crippen LogP contribution in [0.1, 0.15) is 25.6 Å². The lowest BCUT2D eigenvalue weighted by Gasteiger charge is -2.16. The Bertz CT molecular complexity index is 1390. The van der Waals surface area contributed by atoms with Gasteiger partial charge in [0.05, 0.1) is 4.90 Å². The highest BCUT2D eigenvalue weighted by Gasteiger charge is 2.24. The molecule has 178 valence electrons. The van der Waals surface area contributed by atoms with Crippen molar-refractivity contribution in [3.8, 4) is 0 Å². The van der Waals surface area contributed by atoms with E-state index in [1.54, 1.807) is 7.05 Å². The van der Waals surface area contributed by atoms with E-state index < -0.39 is 39.6 Å². The van der Waals surface area contributed by atoms with Gasteiger partial charge in [0.15, 0.2) is 11.2 Å². The number of rotatable bonds is 9. The van der Waals surface area contributed by atoms with Gasteiger partial charge in [-0.05, 0) is 30.7 Å². The molecule has 0 bridgehead atoms. The number of carbonyl (C=O) groups excluding carboxylic acids is 1. The number of hydrogen-bond acceptors (Lipinski definition) is 7. The minimum atomic E-state index is -4.03. The van der Waals surface area contributed by atoms with E-state index >= 15 is 0 Å². The molecule has 0 saturated carbocycles. The molecule has 0 unspecified atom stereocenters. The van der Waals surface area contributed by atoms with Crippen molar-refractivity contribution in [1.29, 1.82) is 0 Å². The van der Waals surface area contributed by atoms with Crippen LogP contribution in [0.3, 0.4) is 0 Å². The summed E-state index contributed by atoms with van der Waals surface area (Å²) in [5.74, 6) is -1.23.